The largest absolute Gasteiger partial charge is 0.622 e. The van der Waals surface area contributed by atoms with Crippen molar-refractivity contribution in [2.45, 2.75) is 45.0 Å². The van der Waals surface area contributed by atoms with Gasteiger partial charge in [0, 0.05) is 12.5 Å². The Bertz CT molecular complexity index is 511. The summed E-state index contributed by atoms with van der Waals surface area (Å²) in [6, 6.07) is 9.19. The molecule has 0 bridgehead atoms. The number of nitrogens with zero attached hydrogens (tertiary/aromatic N) is 2. The van der Waals surface area contributed by atoms with E-state index >= 15 is 0 Å². The molecule has 1 aliphatic rings. The fourth-order valence-corrected chi connectivity index (χ4v) is 2.64. The van der Waals surface area contributed by atoms with Crippen LogP contribution in [0.25, 0.3) is 0 Å². The van der Waals surface area contributed by atoms with E-state index in [1.165, 1.54) is 13.8 Å². The molecule has 0 amide bonds. The first-order valence-corrected chi connectivity index (χ1v) is 6.31. The van der Waals surface area contributed by atoms with Crippen LogP contribution in [0.2, 0.25) is 0 Å². The third-order valence-corrected chi connectivity index (χ3v) is 3.99. The molecule has 0 fully saturated rings. The van der Waals surface area contributed by atoms with Crippen LogP contribution in [-0.4, -0.2) is 43.1 Å². The van der Waals surface area contributed by atoms with Gasteiger partial charge in [0.2, 0.25) is 5.71 Å². The molecule has 1 heterocycles. The summed E-state index contributed by atoms with van der Waals surface area (Å²) in [5.41, 5.74) is -1.09. The van der Waals surface area contributed by atoms with Crippen LogP contribution in [0.4, 0.5) is 0 Å². The first-order valence-electron chi connectivity index (χ1n) is 6.31. The molecule has 5 nitrogen and oxygen atoms in total. The lowest BCUT2D eigenvalue weighted by Crippen LogP contribution is -2.58. The first kappa shape index (κ1) is 14.0. The average molecular weight is 264 g/mol. The van der Waals surface area contributed by atoms with E-state index in [0.29, 0.717) is 10.5 Å². The van der Waals surface area contributed by atoms with Crippen molar-refractivity contribution in [3.8, 4) is 0 Å². The van der Waals surface area contributed by atoms with Gasteiger partial charge in [0.05, 0.1) is 0 Å². The van der Waals surface area contributed by atoms with E-state index in [9.17, 15) is 15.5 Å². The molecule has 2 rings (SSSR count). The number of hydrogen-bond acceptors (Lipinski definition) is 4. The van der Waals surface area contributed by atoms with E-state index in [0.717, 1.165) is 10.6 Å². The zero-order chi connectivity index (χ0) is 14.4. The van der Waals surface area contributed by atoms with Crippen molar-refractivity contribution in [1.29, 1.82) is 0 Å². The summed E-state index contributed by atoms with van der Waals surface area (Å²) in [7, 11) is 0. The Morgan fingerprint density at radius 2 is 1.74 bits per heavy atom. The maximum atomic E-state index is 12.6. The second kappa shape index (κ2) is 4.30. The smallest absolute Gasteiger partial charge is 0.274 e. The summed E-state index contributed by atoms with van der Waals surface area (Å²) in [5.74, 6) is 0. The predicted octanol–water partition coefficient (Wildman–Crippen LogP) is 1.57. The summed E-state index contributed by atoms with van der Waals surface area (Å²) in [6.45, 7) is 6.54. The Morgan fingerprint density at radius 3 is 2.16 bits per heavy atom. The van der Waals surface area contributed by atoms with E-state index in [-0.39, 0.29) is 0 Å². The van der Waals surface area contributed by atoms with E-state index in [1.807, 2.05) is 30.3 Å². The summed E-state index contributed by atoms with van der Waals surface area (Å²) < 4.78 is 0.715. The minimum Gasteiger partial charge on any atom is -0.622 e. The molecule has 0 aliphatic carbocycles. The number of aliphatic hydroxyl groups excluding tert-OH is 1. The Labute approximate surface area is 113 Å². The number of aliphatic hydroxyl groups is 1. The standard InChI is InChI=1S/C14H20N2O3/c1-10(17)14(4)15(18)12(13(2,3)16(14)19)11-8-6-5-7-9-11/h5-10,17,19H,1-4H3. The molecule has 0 radical (unpaired) electrons. The minimum atomic E-state index is -1.39. The molecule has 1 aliphatic heterocycles. The van der Waals surface area contributed by atoms with Gasteiger partial charge >= 0.3 is 0 Å². The van der Waals surface area contributed by atoms with Crippen LogP contribution in [-0.2, 0) is 0 Å². The van der Waals surface area contributed by atoms with Crippen molar-refractivity contribution in [3.05, 3.63) is 41.1 Å². The second-order valence-corrected chi connectivity index (χ2v) is 5.65. The normalized spacial score (nSPS) is 28.7. The van der Waals surface area contributed by atoms with Gasteiger partial charge in [-0.2, -0.15) is 4.74 Å². The van der Waals surface area contributed by atoms with Gasteiger partial charge in [-0.05, 0) is 32.9 Å². The van der Waals surface area contributed by atoms with Crippen molar-refractivity contribution >= 4 is 5.71 Å². The quantitative estimate of drug-likeness (QED) is 0.628. The van der Waals surface area contributed by atoms with Gasteiger partial charge in [0.1, 0.15) is 11.6 Å². The van der Waals surface area contributed by atoms with Crippen molar-refractivity contribution in [2.75, 3.05) is 0 Å². The fraction of sp³-hybridized carbons (Fsp3) is 0.500. The highest BCUT2D eigenvalue weighted by atomic mass is 16.6. The Hall–Kier alpha value is -1.43. The van der Waals surface area contributed by atoms with Gasteiger partial charge < -0.3 is 15.5 Å². The van der Waals surface area contributed by atoms with Crippen LogP contribution in [0.3, 0.4) is 0 Å². The van der Waals surface area contributed by atoms with Crippen LogP contribution in [0.5, 0.6) is 0 Å². The highest BCUT2D eigenvalue weighted by Gasteiger charge is 2.61. The summed E-state index contributed by atoms with van der Waals surface area (Å²) in [5, 5.41) is 33.8. The van der Waals surface area contributed by atoms with Gasteiger partial charge in [-0.15, -0.1) is 5.06 Å². The first-order chi connectivity index (χ1) is 8.74. The number of hydrogen-bond donors (Lipinski definition) is 2. The van der Waals surface area contributed by atoms with Crippen LogP contribution < -0.4 is 0 Å². The molecule has 2 N–H and O–H groups in total. The van der Waals surface area contributed by atoms with E-state index < -0.39 is 17.3 Å². The lowest BCUT2D eigenvalue weighted by atomic mass is 9.92. The molecule has 0 saturated heterocycles. The fourth-order valence-electron chi connectivity index (χ4n) is 2.64. The van der Waals surface area contributed by atoms with Crippen molar-refractivity contribution < 1.29 is 15.1 Å². The topological polar surface area (TPSA) is 69.8 Å². The van der Waals surface area contributed by atoms with Gasteiger partial charge in [0.15, 0.2) is 0 Å². The van der Waals surface area contributed by atoms with Gasteiger partial charge in [-0.3, -0.25) is 0 Å². The summed E-state index contributed by atoms with van der Waals surface area (Å²) in [4.78, 5) is 0. The van der Waals surface area contributed by atoms with E-state index in [4.69, 9.17) is 0 Å². The molecular formula is C14H20N2O3. The molecule has 1 aromatic rings. The van der Waals surface area contributed by atoms with Gasteiger partial charge in [-0.1, -0.05) is 18.2 Å². The molecule has 104 valence electrons. The highest BCUT2D eigenvalue weighted by Crippen LogP contribution is 2.36. The molecule has 5 heteroatoms. The zero-order valence-electron chi connectivity index (χ0n) is 11.7. The molecule has 0 spiro atoms. The highest BCUT2D eigenvalue weighted by molar-refractivity contribution is 6.04. The number of rotatable bonds is 2. The Balaban J connectivity index is 2.67. The SMILES string of the molecule is CC(O)C1(C)N(O)C(C)(C)C(c2ccccc2)=[N+]1[O-]. The lowest BCUT2D eigenvalue weighted by molar-refractivity contribution is -0.599. The molecule has 1 aromatic carbocycles. The number of benzene rings is 1. The molecule has 0 aromatic heterocycles. The van der Waals surface area contributed by atoms with Crippen molar-refractivity contribution in [3.63, 3.8) is 0 Å². The van der Waals surface area contributed by atoms with E-state index in [2.05, 4.69) is 0 Å². The molecule has 2 atom stereocenters. The minimum absolute atomic E-state index is 0.444. The maximum absolute atomic E-state index is 12.6. The zero-order valence-corrected chi connectivity index (χ0v) is 11.7. The third kappa shape index (κ3) is 1.77. The lowest BCUT2D eigenvalue weighted by Gasteiger charge is -2.34. The average Bonchev–Trinajstić information content (AvgIpc) is 2.50. The van der Waals surface area contributed by atoms with Gasteiger partial charge in [-0.25, -0.2) is 0 Å². The summed E-state index contributed by atoms with van der Waals surface area (Å²) >= 11 is 0. The van der Waals surface area contributed by atoms with Crippen LogP contribution in [0.15, 0.2) is 30.3 Å². The summed E-state index contributed by atoms with van der Waals surface area (Å²) in [6.07, 6.45) is -1.00. The maximum Gasteiger partial charge on any atom is 0.274 e. The number of hydroxylamine groups is 3. The predicted molar refractivity (Wildman–Crippen MR) is 72.0 cm³/mol. The van der Waals surface area contributed by atoms with Crippen LogP contribution >= 0.6 is 0 Å². The molecule has 19 heavy (non-hydrogen) atoms. The molecule has 0 saturated carbocycles. The Morgan fingerprint density at radius 1 is 1.21 bits per heavy atom. The van der Waals surface area contributed by atoms with Crippen LogP contribution in [0.1, 0.15) is 33.3 Å². The molecular weight excluding hydrogens is 244 g/mol. The monoisotopic (exact) mass is 264 g/mol. The second-order valence-electron chi connectivity index (χ2n) is 5.65. The molecule has 2 unspecified atom stereocenters. The van der Waals surface area contributed by atoms with Crippen molar-refractivity contribution in [2.24, 2.45) is 0 Å². The van der Waals surface area contributed by atoms with Crippen molar-refractivity contribution in [1.82, 2.24) is 5.06 Å². The van der Waals surface area contributed by atoms with Crippen LogP contribution in [0, 0.1) is 5.21 Å². The van der Waals surface area contributed by atoms with E-state index in [1.54, 1.807) is 13.8 Å². The van der Waals surface area contributed by atoms with Gasteiger partial charge in [0.25, 0.3) is 5.66 Å². The Kier molecular flexibility index (Phi) is 3.16. The third-order valence-electron chi connectivity index (χ3n) is 3.99.